The van der Waals surface area contributed by atoms with E-state index in [9.17, 15) is 19.1 Å². The molecule has 1 aliphatic rings. The molecule has 0 fully saturated rings. The van der Waals surface area contributed by atoms with Crippen LogP contribution < -0.4 is 0 Å². The number of aromatic carboxylic acids is 1. The highest BCUT2D eigenvalue weighted by Crippen LogP contribution is 2.31. The van der Waals surface area contributed by atoms with Crippen LogP contribution in [0.3, 0.4) is 0 Å². The molecule has 0 saturated carbocycles. The van der Waals surface area contributed by atoms with Crippen molar-refractivity contribution in [2.24, 2.45) is 4.99 Å². The lowest BCUT2D eigenvalue weighted by molar-refractivity contribution is 0.0572. The van der Waals surface area contributed by atoms with Crippen LogP contribution in [0.2, 0.25) is 5.02 Å². The van der Waals surface area contributed by atoms with Crippen LogP contribution in [-0.2, 0) is 11.3 Å². The van der Waals surface area contributed by atoms with Crippen LogP contribution in [0.15, 0.2) is 47.5 Å². The number of methoxy groups -OCH3 is 1. The Balaban J connectivity index is 2.05. The highest BCUT2D eigenvalue weighted by atomic mass is 35.5. The number of carbonyl (C=O) groups excluding carboxylic acids is 1. The van der Waals surface area contributed by atoms with E-state index in [-0.39, 0.29) is 23.6 Å². The highest BCUT2D eigenvalue weighted by Gasteiger charge is 2.32. The van der Waals surface area contributed by atoms with Crippen LogP contribution >= 0.6 is 11.6 Å². The second kappa shape index (κ2) is 7.14. The van der Waals surface area contributed by atoms with Crippen molar-refractivity contribution in [2.75, 3.05) is 7.11 Å². The number of aromatic nitrogens is 2. The van der Waals surface area contributed by atoms with E-state index in [1.165, 1.54) is 10.6 Å². The first-order valence-corrected chi connectivity index (χ1v) is 8.83. The molecule has 0 bridgehead atoms. The standard InChI is InChI=1S/C20H13ClFN3O4/c1-29-20(28)18-17(19(26)27)24-15-9-23-16(11-4-2-3-5-13(11)22)12-8-10(21)6-7-14(12)25(15)18/h2-8H,9H2,1H3,(H,26,27). The first-order chi connectivity index (χ1) is 13.9. The summed E-state index contributed by atoms with van der Waals surface area (Å²) >= 11 is 6.18. The van der Waals surface area contributed by atoms with Gasteiger partial charge in [0.1, 0.15) is 11.6 Å². The van der Waals surface area contributed by atoms with Crippen molar-refractivity contribution in [3.05, 3.63) is 81.6 Å². The summed E-state index contributed by atoms with van der Waals surface area (Å²) in [7, 11) is 1.15. The number of ether oxygens (including phenoxy) is 1. The van der Waals surface area contributed by atoms with Gasteiger partial charge in [-0.1, -0.05) is 23.7 Å². The maximum atomic E-state index is 14.5. The van der Waals surface area contributed by atoms with Gasteiger partial charge in [-0.3, -0.25) is 9.56 Å². The number of carboxylic acid groups (broad SMARTS) is 1. The van der Waals surface area contributed by atoms with Gasteiger partial charge in [0, 0.05) is 16.1 Å². The summed E-state index contributed by atoms with van der Waals surface area (Å²) in [5.74, 6) is -2.51. The van der Waals surface area contributed by atoms with Gasteiger partial charge < -0.3 is 9.84 Å². The lowest BCUT2D eigenvalue weighted by atomic mass is 10.00. The number of carboxylic acids is 1. The van der Waals surface area contributed by atoms with E-state index in [0.29, 0.717) is 22.0 Å². The third-order valence-electron chi connectivity index (χ3n) is 4.49. The van der Waals surface area contributed by atoms with E-state index in [1.807, 2.05) is 0 Å². The average molecular weight is 414 g/mol. The summed E-state index contributed by atoms with van der Waals surface area (Å²) in [6.45, 7) is -0.0761. The highest BCUT2D eigenvalue weighted by molar-refractivity contribution is 6.31. The molecule has 2 aromatic carbocycles. The van der Waals surface area contributed by atoms with E-state index in [2.05, 4.69) is 9.98 Å². The minimum atomic E-state index is -1.38. The summed E-state index contributed by atoms with van der Waals surface area (Å²) in [6, 6.07) is 10.9. The number of rotatable bonds is 3. The predicted octanol–water partition coefficient (Wildman–Crippen LogP) is 3.50. The zero-order valence-electron chi connectivity index (χ0n) is 15.0. The number of fused-ring (bicyclic) bond motifs is 3. The molecule has 0 saturated heterocycles. The number of aliphatic imine (C=N–C) groups is 1. The number of halogens is 2. The predicted molar refractivity (Wildman–Crippen MR) is 103 cm³/mol. The largest absolute Gasteiger partial charge is 0.476 e. The molecular weight excluding hydrogens is 401 g/mol. The second-order valence-corrected chi connectivity index (χ2v) is 6.60. The Morgan fingerprint density at radius 2 is 1.97 bits per heavy atom. The van der Waals surface area contributed by atoms with Crippen LogP contribution in [0, 0.1) is 5.82 Å². The summed E-state index contributed by atoms with van der Waals surface area (Å²) in [4.78, 5) is 32.6. The molecule has 1 N–H and O–H groups in total. The van der Waals surface area contributed by atoms with Gasteiger partial charge in [0.05, 0.1) is 25.1 Å². The van der Waals surface area contributed by atoms with Crippen molar-refractivity contribution in [2.45, 2.75) is 6.54 Å². The van der Waals surface area contributed by atoms with Gasteiger partial charge in [-0.15, -0.1) is 0 Å². The molecule has 1 aromatic heterocycles. The topological polar surface area (TPSA) is 93.8 Å². The number of carbonyl (C=O) groups is 2. The molecule has 146 valence electrons. The SMILES string of the molecule is COC(=O)c1c(C(=O)O)nc2n1-c1ccc(Cl)cc1C(c1ccccc1F)=NC2. The van der Waals surface area contributed by atoms with Crippen molar-refractivity contribution in [3.8, 4) is 5.69 Å². The lowest BCUT2D eigenvalue weighted by Gasteiger charge is -2.14. The Labute approximate surface area is 169 Å². The number of esters is 1. The molecule has 0 unspecified atom stereocenters. The van der Waals surface area contributed by atoms with Crippen molar-refractivity contribution in [1.82, 2.24) is 9.55 Å². The number of hydrogen-bond acceptors (Lipinski definition) is 5. The van der Waals surface area contributed by atoms with E-state index >= 15 is 0 Å². The van der Waals surface area contributed by atoms with Crippen molar-refractivity contribution < 1.29 is 23.8 Å². The van der Waals surface area contributed by atoms with Crippen LogP contribution in [0.5, 0.6) is 0 Å². The van der Waals surface area contributed by atoms with E-state index < -0.39 is 23.4 Å². The van der Waals surface area contributed by atoms with E-state index in [0.717, 1.165) is 7.11 Å². The first-order valence-electron chi connectivity index (χ1n) is 8.45. The summed E-state index contributed by atoms with van der Waals surface area (Å²) in [6.07, 6.45) is 0. The molecule has 29 heavy (non-hydrogen) atoms. The van der Waals surface area contributed by atoms with Gasteiger partial charge in [-0.25, -0.2) is 19.0 Å². The van der Waals surface area contributed by atoms with Crippen molar-refractivity contribution in [3.63, 3.8) is 0 Å². The third kappa shape index (κ3) is 3.07. The summed E-state index contributed by atoms with van der Waals surface area (Å²) in [5.41, 5.74) is 0.699. The zero-order chi connectivity index (χ0) is 20.7. The van der Waals surface area contributed by atoms with E-state index in [1.54, 1.807) is 36.4 Å². The van der Waals surface area contributed by atoms with Gasteiger partial charge in [0.2, 0.25) is 0 Å². The molecule has 0 amide bonds. The third-order valence-corrected chi connectivity index (χ3v) is 4.73. The molecule has 0 aliphatic carbocycles. The maximum absolute atomic E-state index is 14.5. The molecule has 9 heteroatoms. The first kappa shape index (κ1) is 18.8. The van der Waals surface area contributed by atoms with Crippen LogP contribution in [0.1, 0.15) is 37.9 Å². The fourth-order valence-corrected chi connectivity index (χ4v) is 3.45. The van der Waals surface area contributed by atoms with Gasteiger partial charge in [-0.05, 0) is 30.3 Å². The zero-order valence-corrected chi connectivity index (χ0v) is 15.8. The number of benzene rings is 2. The molecule has 7 nitrogen and oxygen atoms in total. The van der Waals surface area contributed by atoms with Gasteiger partial charge in [0.15, 0.2) is 11.4 Å². The van der Waals surface area contributed by atoms with Crippen LogP contribution in [-0.4, -0.2) is 39.4 Å². The lowest BCUT2D eigenvalue weighted by Crippen LogP contribution is -2.16. The Hall–Kier alpha value is -3.52. The molecular formula is C20H13ClFN3O4. The minimum absolute atomic E-state index is 0.0761. The maximum Gasteiger partial charge on any atom is 0.357 e. The van der Waals surface area contributed by atoms with Crippen molar-refractivity contribution in [1.29, 1.82) is 0 Å². The summed E-state index contributed by atoms with van der Waals surface area (Å²) in [5, 5.41) is 9.87. The van der Waals surface area contributed by atoms with Gasteiger partial charge in [0.25, 0.3) is 0 Å². The average Bonchev–Trinajstić information content (AvgIpc) is 3.01. The van der Waals surface area contributed by atoms with Crippen LogP contribution in [0.4, 0.5) is 4.39 Å². The molecule has 0 radical (unpaired) electrons. The number of hydrogen-bond donors (Lipinski definition) is 1. The normalized spacial score (nSPS) is 12.4. The molecule has 3 aromatic rings. The molecule has 0 atom stereocenters. The number of nitrogens with zero attached hydrogens (tertiary/aromatic N) is 3. The van der Waals surface area contributed by atoms with Gasteiger partial charge in [-0.2, -0.15) is 0 Å². The summed E-state index contributed by atoms with van der Waals surface area (Å²) < 4.78 is 20.6. The van der Waals surface area contributed by atoms with E-state index in [4.69, 9.17) is 16.3 Å². The van der Waals surface area contributed by atoms with Crippen molar-refractivity contribution >= 4 is 29.3 Å². The number of imidazole rings is 1. The quantitative estimate of drug-likeness (QED) is 0.663. The Morgan fingerprint density at radius 1 is 1.21 bits per heavy atom. The Kier molecular flexibility index (Phi) is 4.63. The van der Waals surface area contributed by atoms with Crippen LogP contribution in [0.25, 0.3) is 5.69 Å². The Morgan fingerprint density at radius 3 is 2.66 bits per heavy atom. The Bertz CT molecular complexity index is 1200. The molecule has 0 spiro atoms. The van der Waals surface area contributed by atoms with Gasteiger partial charge >= 0.3 is 11.9 Å². The minimum Gasteiger partial charge on any atom is -0.476 e. The molecule has 1 aliphatic heterocycles. The smallest absolute Gasteiger partial charge is 0.357 e. The molecule has 2 heterocycles. The monoisotopic (exact) mass is 413 g/mol. The molecule has 4 rings (SSSR count). The second-order valence-electron chi connectivity index (χ2n) is 6.16. The fourth-order valence-electron chi connectivity index (χ4n) is 3.28. The fraction of sp³-hybridized carbons (Fsp3) is 0.100.